The standard InChI is InChI=1S/C19H24ClNO6S/c1-10-13-3-5-14(19(24,8-13)9-27-11(2)22)17(10)28(25,26)16-7-12(18(21)23)4-6-15(16)20/h4,6-7,10,13-14,17,24H,3,5,8-9H2,1-2H3,(H2,21,23)/t10?,13?,14?,17-,19+/m1/s1. The fourth-order valence-electron chi connectivity index (χ4n) is 4.84. The molecule has 5 atom stereocenters. The highest BCUT2D eigenvalue weighted by Crippen LogP contribution is 2.54. The highest BCUT2D eigenvalue weighted by atomic mass is 35.5. The Morgan fingerprint density at radius 2 is 2.04 bits per heavy atom. The molecule has 7 nitrogen and oxygen atoms in total. The van der Waals surface area contributed by atoms with Crippen molar-refractivity contribution >= 4 is 33.3 Å². The fraction of sp³-hybridized carbons (Fsp3) is 0.579. The van der Waals surface area contributed by atoms with Crippen LogP contribution in [0.3, 0.4) is 0 Å². The molecule has 0 heterocycles. The zero-order valence-corrected chi connectivity index (χ0v) is 17.3. The van der Waals surface area contributed by atoms with Gasteiger partial charge in [0, 0.05) is 18.4 Å². The van der Waals surface area contributed by atoms with Crippen molar-refractivity contribution in [1.82, 2.24) is 0 Å². The number of esters is 1. The molecule has 28 heavy (non-hydrogen) atoms. The first-order valence-electron chi connectivity index (χ1n) is 9.16. The predicted octanol–water partition coefficient (Wildman–Crippen LogP) is 1.94. The minimum absolute atomic E-state index is 0.00201. The third-order valence-electron chi connectivity index (χ3n) is 6.22. The van der Waals surface area contributed by atoms with Gasteiger partial charge in [-0.05, 0) is 49.3 Å². The van der Waals surface area contributed by atoms with E-state index in [0.29, 0.717) is 12.8 Å². The molecule has 4 rings (SSSR count). The number of hydrogen-bond donors (Lipinski definition) is 2. The molecule has 3 N–H and O–H groups in total. The number of amides is 1. The normalized spacial score (nSPS) is 32.1. The molecular formula is C19H24ClNO6S. The van der Waals surface area contributed by atoms with Crippen molar-refractivity contribution in [1.29, 1.82) is 0 Å². The van der Waals surface area contributed by atoms with E-state index >= 15 is 0 Å². The van der Waals surface area contributed by atoms with Crippen molar-refractivity contribution in [3.05, 3.63) is 28.8 Å². The smallest absolute Gasteiger partial charge is 0.302 e. The molecule has 3 aliphatic carbocycles. The molecule has 1 aromatic rings. The van der Waals surface area contributed by atoms with Crippen LogP contribution in [0.2, 0.25) is 5.02 Å². The van der Waals surface area contributed by atoms with E-state index in [2.05, 4.69) is 0 Å². The number of nitrogens with two attached hydrogens (primary N) is 1. The van der Waals surface area contributed by atoms with E-state index in [1.54, 1.807) is 0 Å². The summed E-state index contributed by atoms with van der Waals surface area (Å²) in [4.78, 5) is 22.6. The number of rotatable bonds is 5. The van der Waals surface area contributed by atoms with Crippen LogP contribution in [0.5, 0.6) is 0 Å². The fourth-order valence-corrected chi connectivity index (χ4v) is 7.81. The van der Waals surface area contributed by atoms with Crippen LogP contribution in [0.15, 0.2) is 23.1 Å². The number of sulfone groups is 1. The zero-order chi connectivity index (χ0) is 20.9. The third kappa shape index (κ3) is 3.53. The quantitative estimate of drug-likeness (QED) is 0.689. The number of hydrogen-bond acceptors (Lipinski definition) is 6. The Hall–Kier alpha value is -1.64. The molecule has 3 aliphatic rings. The first kappa shape index (κ1) is 21.1. The Balaban J connectivity index is 2.04. The van der Waals surface area contributed by atoms with Gasteiger partial charge in [-0.25, -0.2) is 8.42 Å². The van der Waals surface area contributed by atoms with E-state index < -0.39 is 38.5 Å². The Bertz CT molecular complexity index is 917. The van der Waals surface area contributed by atoms with Crippen LogP contribution < -0.4 is 5.73 Å². The Labute approximate surface area is 169 Å². The predicted molar refractivity (Wildman–Crippen MR) is 103 cm³/mol. The summed E-state index contributed by atoms with van der Waals surface area (Å²) in [7, 11) is -3.98. The van der Waals surface area contributed by atoms with Crippen molar-refractivity contribution in [2.75, 3.05) is 6.61 Å². The van der Waals surface area contributed by atoms with Crippen molar-refractivity contribution in [2.45, 2.75) is 48.9 Å². The lowest BCUT2D eigenvalue weighted by molar-refractivity contribution is -0.169. The van der Waals surface area contributed by atoms with Crippen LogP contribution >= 0.6 is 11.6 Å². The Morgan fingerprint density at radius 3 is 2.64 bits per heavy atom. The summed E-state index contributed by atoms with van der Waals surface area (Å²) < 4.78 is 32.1. The first-order chi connectivity index (χ1) is 13.0. The summed E-state index contributed by atoms with van der Waals surface area (Å²) in [6, 6.07) is 3.91. The van der Waals surface area contributed by atoms with E-state index in [1.807, 2.05) is 6.92 Å². The SMILES string of the molecule is CC(=O)OC[C@@]1(O)CC2CCC1[C@H](S(=O)(=O)c1cc(C(N)=O)ccc1Cl)C2C. The first-order valence-corrected chi connectivity index (χ1v) is 11.1. The molecule has 0 radical (unpaired) electrons. The van der Waals surface area contributed by atoms with Gasteiger partial charge in [-0.1, -0.05) is 18.5 Å². The molecule has 3 unspecified atom stereocenters. The van der Waals surface area contributed by atoms with Gasteiger partial charge in [0.1, 0.15) is 12.2 Å². The number of carbonyl (C=O) groups is 2. The Morgan fingerprint density at radius 1 is 1.36 bits per heavy atom. The Kier molecular flexibility index (Phi) is 5.51. The highest BCUT2D eigenvalue weighted by molar-refractivity contribution is 7.92. The van der Waals surface area contributed by atoms with Crippen LogP contribution in [0, 0.1) is 17.8 Å². The number of fused-ring (bicyclic) bond motifs is 3. The molecular weight excluding hydrogens is 406 g/mol. The number of benzene rings is 1. The third-order valence-corrected chi connectivity index (χ3v) is 9.09. The summed E-state index contributed by atoms with van der Waals surface area (Å²) in [5.41, 5.74) is 3.93. The number of primary amides is 1. The van der Waals surface area contributed by atoms with Gasteiger partial charge in [0.05, 0.1) is 15.2 Å². The molecule has 3 fully saturated rings. The summed E-state index contributed by atoms with van der Waals surface area (Å²) in [5, 5.41) is 10.3. The minimum atomic E-state index is -3.98. The lowest BCUT2D eigenvalue weighted by Crippen LogP contribution is -2.61. The molecule has 0 spiro atoms. The maximum absolute atomic E-state index is 13.6. The van der Waals surface area contributed by atoms with E-state index in [9.17, 15) is 23.1 Å². The lowest BCUT2D eigenvalue weighted by Gasteiger charge is -2.55. The largest absolute Gasteiger partial charge is 0.463 e. The number of carbonyl (C=O) groups excluding carboxylic acids is 2. The van der Waals surface area contributed by atoms with E-state index in [0.717, 1.165) is 6.42 Å². The van der Waals surface area contributed by atoms with Crippen LogP contribution in [0.25, 0.3) is 0 Å². The monoisotopic (exact) mass is 429 g/mol. The molecule has 9 heteroatoms. The van der Waals surface area contributed by atoms with Crippen molar-refractivity contribution < 1.29 is 27.9 Å². The van der Waals surface area contributed by atoms with E-state index in [4.69, 9.17) is 22.1 Å². The van der Waals surface area contributed by atoms with E-state index in [1.165, 1.54) is 25.1 Å². The summed E-state index contributed by atoms with van der Waals surface area (Å²) >= 11 is 6.17. The van der Waals surface area contributed by atoms with Gasteiger partial charge in [-0.3, -0.25) is 9.59 Å². The van der Waals surface area contributed by atoms with Gasteiger partial charge < -0.3 is 15.6 Å². The molecule has 0 aliphatic heterocycles. The number of aliphatic hydroxyl groups is 1. The minimum Gasteiger partial charge on any atom is -0.463 e. The second kappa shape index (κ2) is 7.31. The lowest BCUT2D eigenvalue weighted by atomic mass is 9.58. The average molecular weight is 430 g/mol. The van der Waals surface area contributed by atoms with Crippen molar-refractivity contribution in [2.24, 2.45) is 23.5 Å². The summed E-state index contributed by atoms with van der Waals surface area (Å²) in [6.07, 6.45) is 1.69. The summed E-state index contributed by atoms with van der Waals surface area (Å²) in [6.45, 7) is 2.87. The maximum Gasteiger partial charge on any atom is 0.302 e. The molecule has 1 amide bonds. The van der Waals surface area contributed by atoms with Gasteiger partial charge in [-0.2, -0.15) is 0 Å². The van der Waals surface area contributed by atoms with Gasteiger partial charge in [-0.15, -0.1) is 0 Å². The topological polar surface area (TPSA) is 124 Å². The van der Waals surface area contributed by atoms with E-state index in [-0.39, 0.29) is 33.9 Å². The van der Waals surface area contributed by atoms with Crippen molar-refractivity contribution in [3.8, 4) is 0 Å². The van der Waals surface area contributed by atoms with Crippen LogP contribution in [-0.4, -0.2) is 42.9 Å². The molecule has 1 aromatic carbocycles. The molecule has 2 bridgehead atoms. The number of halogens is 1. The maximum atomic E-state index is 13.6. The highest BCUT2D eigenvalue weighted by Gasteiger charge is 2.59. The van der Waals surface area contributed by atoms with Crippen LogP contribution in [-0.2, 0) is 19.4 Å². The van der Waals surface area contributed by atoms with Crippen LogP contribution in [0.1, 0.15) is 43.5 Å². The summed E-state index contributed by atoms with van der Waals surface area (Å²) in [5.74, 6) is -2.12. The van der Waals surface area contributed by atoms with Crippen LogP contribution in [0.4, 0.5) is 0 Å². The molecule has 3 saturated carbocycles. The average Bonchev–Trinajstić information content (AvgIpc) is 2.61. The van der Waals surface area contributed by atoms with Gasteiger partial charge in [0.2, 0.25) is 5.91 Å². The molecule has 0 saturated heterocycles. The number of ether oxygens (including phenoxy) is 1. The van der Waals surface area contributed by atoms with Gasteiger partial charge in [0.25, 0.3) is 0 Å². The molecule has 154 valence electrons. The van der Waals surface area contributed by atoms with Crippen molar-refractivity contribution in [3.63, 3.8) is 0 Å². The second-order valence-electron chi connectivity index (χ2n) is 7.91. The van der Waals surface area contributed by atoms with Gasteiger partial charge in [0.15, 0.2) is 9.84 Å². The zero-order valence-electron chi connectivity index (χ0n) is 15.7. The molecule has 0 aromatic heterocycles. The second-order valence-corrected chi connectivity index (χ2v) is 10.4. The van der Waals surface area contributed by atoms with Gasteiger partial charge >= 0.3 is 5.97 Å².